The van der Waals surface area contributed by atoms with Crippen molar-refractivity contribution in [2.45, 2.75) is 18.6 Å². The van der Waals surface area contributed by atoms with Crippen molar-refractivity contribution in [3.63, 3.8) is 0 Å². The second kappa shape index (κ2) is 4.92. The molecule has 18 heavy (non-hydrogen) atoms. The van der Waals surface area contributed by atoms with Gasteiger partial charge in [0.25, 0.3) is 5.91 Å². The molecule has 3 rings (SSSR count). The summed E-state index contributed by atoms with van der Waals surface area (Å²) < 4.78 is 12.3. The molecule has 1 aromatic heterocycles. The van der Waals surface area contributed by atoms with Crippen molar-refractivity contribution < 1.29 is 14.3 Å². The van der Waals surface area contributed by atoms with Crippen molar-refractivity contribution in [1.29, 1.82) is 0 Å². The Hall–Kier alpha value is -0.430. The van der Waals surface area contributed by atoms with E-state index in [-0.39, 0.29) is 5.91 Å². The summed E-state index contributed by atoms with van der Waals surface area (Å²) in [4.78, 5) is 14.9. The van der Waals surface area contributed by atoms with Gasteiger partial charge in [0.05, 0.1) is 18.1 Å². The average molecular weight is 332 g/mol. The monoisotopic (exact) mass is 331 g/mol. The zero-order chi connectivity index (χ0) is 12.6. The van der Waals surface area contributed by atoms with E-state index in [1.165, 1.54) is 11.3 Å². The Balaban J connectivity index is 1.64. The maximum absolute atomic E-state index is 12.3. The van der Waals surface area contributed by atoms with Gasteiger partial charge >= 0.3 is 0 Å². The zero-order valence-corrected chi connectivity index (χ0v) is 12.3. The molecule has 4 nitrogen and oxygen atoms in total. The van der Waals surface area contributed by atoms with E-state index in [0.717, 1.165) is 22.2 Å². The number of amides is 1. The molecule has 0 bridgehead atoms. The third-order valence-electron chi connectivity index (χ3n) is 3.40. The number of halogens is 1. The Morgan fingerprint density at radius 1 is 1.33 bits per heavy atom. The van der Waals surface area contributed by atoms with E-state index < -0.39 is 5.79 Å². The normalized spacial score (nSPS) is 22.6. The molecule has 2 fully saturated rings. The third-order valence-corrected chi connectivity index (χ3v) is 5.08. The highest BCUT2D eigenvalue weighted by Crippen LogP contribution is 2.32. The number of thiophene rings is 1. The molecule has 1 aromatic rings. The van der Waals surface area contributed by atoms with Crippen LogP contribution in [0.15, 0.2) is 15.9 Å². The van der Waals surface area contributed by atoms with Gasteiger partial charge in [-0.25, -0.2) is 0 Å². The Morgan fingerprint density at radius 3 is 2.56 bits per heavy atom. The van der Waals surface area contributed by atoms with Gasteiger partial charge in [0.2, 0.25) is 0 Å². The number of rotatable bonds is 1. The highest BCUT2D eigenvalue weighted by Gasteiger charge is 2.40. The average Bonchev–Trinajstić information content (AvgIpc) is 3.00. The van der Waals surface area contributed by atoms with E-state index in [4.69, 9.17) is 9.47 Å². The van der Waals surface area contributed by atoms with Crippen LogP contribution in [0.4, 0.5) is 0 Å². The number of piperidine rings is 1. The van der Waals surface area contributed by atoms with Gasteiger partial charge < -0.3 is 14.4 Å². The Morgan fingerprint density at radius 2 is 2.00 bits per heavy atom. The second-order valence-corrected chi connectivity index (χ2v) is 6.36. The topological polar surface area (TPSA) is 38.8 Å². The van der Waals surface area contributed by atoms with Gasteiger partial charge in [0, 0.05) is 35.8 Å². The van der Waals surface area contributed by atoms with Gasteiger partial charge in [-0.2, -0.15) is 0 Å². The molecule has 0 saturated carbocycles. The predicted molar refractivity (Wildman–Crippen MR) is 71.8 cm³/mol. The van der Waals surface area contributed by atoms with Crippen LogP contribution in [-0.4, -0.2) is 42.9 Å². The number of nitrogens with zero attached hydrogens (tertiary/aromatic N) is 1. The molecular weight excluding hydrogens is 318 g/mol. The Bertz CT molecular complexity index is 446. The lowest BCUT2D eigenvalue weighted by atomic mass is 10.0. The number of hydrogen-bond donors (Lipinski definition) is 0. The lowest BCUT2D eigenvalue weighted by molar-refractivity contribution is -0.181. The minimum Gasteiger partial charge on any atom is -0.347 e. The zero-order valence-electron chi connectivity index (χ0n) is 9.86. The van der Waals surface area contributed by atoms with Crippen LogP contribution in [0.2, 0.25) is 0 Å². The quantitative estimate of drug-likeness (QED) is 0.793. The summed E-state index contributed by atoms with van der Waals surface area (Å²) >= 11 is 4.85. The van der Waals surface area contributed by atoms with Crippen LogP contribution >= 0.6 is 27.3 Å². The molecule has 98 valence electrons. The van der Waals surface area contributed by atoms with Crippen LogP contribution in [0.3, 0.4) is 0 Å². The minimum absolute atomic E-state index is 0.110. The molecule has 0 aliphatic carbocycles. The van der Waals surface area contributed by atoms with Crippen LogP contribution in [-0.2, 0) is 9.47 Å². The summed E-state index contributed by atoms with van der Waals surface area (Å²) in [7, 11) is 0. The molecule has 2 aliphatic heterocycles. The van der Waals surface area contributed by atoms with E-state index in [0.29, 0.717) is 26.3 Å². The van der Waals surface area contributed by atoms with Crippen LogP contribution in [0.25, 0.3) is 0 Å². The first-order valence-corrected chi connectivity index (χ1v) is 7.67. The number of carbonyl (C=O) groups excluding carboxylic acids is 1. The number of hydrogen-bond acceptors (Lipinski definition) is 4. The molecule has 0 aromatic carbocycles. The third kappa shape index (κ3) is 2.34. The molecule has 6 heteroatoms. The molecule has 0 radical (unpaired) electrons. The molecule has 1 spiro atoms. The SMILES string of the molecule is O=C(c1cc(Br)cs1)N1CCC2(CC1)OCCO2. The standard InChI is InChI=1S/C12H14BrNO3S/c13-9-7-10(18-8-9)11(15)14-3-1-12(2-4-14)16-5-6-17-12/h7-8H,1-6H2. The van der Waals surface area contributed by atoms with Gasteiger partial charge in [0.15, 0.2) is 5.79 Å². The van der Waals surface area contributed by atoms with E-state index in [2.05, 4.69) is 15.9 Å². The lowest BCUT2D eigenvalue weighted by Gasteiger charge is -2.37. The van der Waals surface area contributed by atoms with Crippen molar-refractivity contribution >= 4 is 33.2 Å². The number of likely N-dealkylation sites (tertiary alicyclic amines) is 1. The Kier molecular flexibility index (Phi) is 3.44. The maximum atomic E-state index is 12.3. The van der Waals surface area contributed by atoms with E-state index in [1.54, 1.807) is 0 Å². The van der Waals surface area contributed by atoms with Gasteiger partial charge in [0.1, 0.15) is 0 Å². The van der Waals surface area contributed by atoms with Crippen LogP contribution < -0.4 is 0 Å². The second-order valence-electron chi connectivity index (χ2n) is 4.53. The van der Waals surface area contributed by atoms with Crippen molar-refractivity contribution in [3.8, 4) is 0 Å². The molecule has 3 heterocycles. The van der Waals surface area contributed by atoms with Crippen molar-refractivity contribution in [3.05, 3.63) is 20.8 Å². The van der Waals surface area contributed by atoms with Crippen molar-refractivity contribution in [1.82, 2.24) is 4.90 Å². The maximum Gasteiger partial charge on any atom is 0.263 e. The predicted octanol–water partition coefficient (Wildman–Crippen LogP) is 2.49. The first-order chi connectivity index (χ1) is 8.69. The van der Waals surface area contributed by atoms with E-state index in [1.807, 2.05) is 16.3 Å². The van der Waals surface area contributed by atoms with Crippen molar-refractivity contribution in [2.75, 3.05) is 26.3 Å². The highest BCUT2D eigenvalue weighted by atomic mass is 79.9. The van der Waals surface area contributed by atoms with Gasteiger partial charge in [-0.05, 0) is 22.0 Å². The van der Waals surface area contributed by atoms with E-state index >= 15 is 0 Å². The largest absolute Gasteiger partial charge is 0.347 e. The molecule has 0 N–H and O–H groups in total. The lowest BCUT2D eigenvalue weighted by Crippen LogP contribution is -2.47. The van der Waals surface area contributed by atoms with Gasteiger partial charge in [-0.3, -0.25) is 4.79 Å². The van der Waals surface area contributed by atoms with Gasteiger partial charge in [-0.1, -0.05) is 0 Å². The molecule has 2 aliphatic rings. The van der Waals surface area contributed by atoms with Crippen LogP contribution in [0.5, 0.6) is 0 Å². The molecule has 0 unspecified atom stereocenters. The highest BCUT2D eigenvalue weighted by molar-refractivity contribution is 9.10. The minimum atomic E-state index is -0.410. The summed E-state index contributed by atoms with van der Waals surface area (Å²) in [6, 6.07) is 1.87. The van der Waals surface area contributed by atoms with Crippen LogP contribution in [0.1, 0.15) is 22.5 Å². The summed E-state index contributed by atoms with van der Waals surface area (Å²) in [5.41, 5.74) is 0. The Labute approximate surface area is 118 Å². The number of ether oxygens (including phenoxy) is 2. The van der Waals surface area contributed by atoms with Crippen LogP contribution in [0, 0.1) is 0 Å². The fourth-order valence-corrected chi connectivity index (χ4v) is 3.81. The first kappa shape index (κ1) is 12.6. The summed E-state index contributed by atoms with van der Waals surface area (Å²) in [5, 5.41) is 1.93. The summed E-state index contributed by atoms with van der Waals surface area (Å²) in [6.07, 6.45) is 1.54. The molecule has 1 amide bonds. The van der Waals surface area contributed by atoms with Gasteiger partial charge in [-0.15, -0.1) is 11.3 Å². The molecular formula is C12H14BrNO3S. The number of carbonyl (C=O) groups is 1. The smallest absolute Gasteiger partial charge is 0.263 e. The van der Waals surface area contributed by atoms with E-state index in [9.17, 15) is 4.79 Å². The fraction of sp³-hybridized carbons (Fsp3) is 0.583. The molecule has 2 saturated heterocycles. The summed E-state index contributed by atoms with van der Waals surface area (Å²) in [5.74, 6) is -0.300. The molecule has 0 atom stereocenters. The fourth-order valence-electron chi connectivity index (χ4n) is 2.42. The van der Waals surface area contributed by atoms with Crippen molar-refractivity contribution in [2.24, 2.45) is 0 Å². The summed E-state index contributed by atoms with van der Waals surface area (Å²) in [6.45, 7) is 2.75. The first-order valence-electron chi connectivity index (χ1n) is 6.00.